The van der Waals surface area contributed by atoms with Gasteiger partial charge in [-0.15, -0.1) is 0 Å². The fourth-order valence-corrected chi connectivity index (χ4v) is 4.16. The van der Waals surface area contributed by atoms with Crippen LogP contribution in [0.2, 0.25) is 0 Å². The molecular weight excluding hydrogens is 472 g/mol. The molecule has 1 saturated heterocycles. The van der Waals surface area contributed by atoms with Crippen LogP contribution < -0.4 is 10.1 Å². The molecule has 4 rings (SSSR count). The molecule has 1 aromatic carbocycles. The summed E-state index contributed by atoms with van der Waals surface area (Å²) in [6.07, 6.45) is 4.21. The van der Waals surface area contributed by atoms with Gasteiger partial charge in [-0.3, -0.25) is 14.6 Å². The van der Waals surface area contributed by atoms with Crippen LogP contribution in [0.15, 0.2) is 54.9 Å². The molecule has 10 nitrogen and oxygen atoms in total. The average molecular weight is 497 g/mol. The minimum absolute atomic E-state index is 0.0859. The third-order valence-corrected chi connectivity index (χ3v) is 5.94. The number of carboxylic acid groups (broad SMARTS) is 1. The lowest BCUT2D eigenvalue weighted by atomic mass is 10.1. The van der Waals surface area contributed by atoms with Gasteiger partial charge in [0.15, 0.2) is 0 Å². The molecule has 0 bridgehead atoms. The Balaban J connectivity index is 1.55. The van der Waals surface area contributed by atoms with Gasteiger partial charge in [-0.1, -0.05) is 6.07 Å². The third kappa shape index (κ3) is 6.76. The van der Waals surface area contributed by atoms with Crippen LogP contribution in [0.3, 0.4) is 0 Å². The van der Waals surface area contributed by atoms with Gasteiger partial charge in [-0.05, 0) is 48.4 Å². The second-order valence-electron chi connectivity index (χ2n) is 8.07. The van der Waals surface area contributed by atoms with E-state index in [0.717, 1.165) is 17.7 Å². The first-order valence-corrected chi connectivity index (χ1v) is 12.3. The van der Waals surface area contributed by atoms with E-state index in [1.807, 2.05) is 6.07 Å². The Labute approximate surface area is 203 Å². The van der Waals surface area contributed by atoms with E-state index in [2.05, 4.69) is 15.3 Å². The summed E-state index contributed by atoms with van der Waals surface area (Å²) in [6.45, 7) is 1.04. The molecule has 182 valence electrons. The van der Waals surface area contributed by atoms with E-state index in [-0.39, 0.29) is 18.1 Å². The normalized spacial score (nSPS) is 13.3. The highest BCUT2D eigenvalue weighted by atomic mass is 32.2. The van der Waals surface area contributed by atoms with Gasteiger partial charge >= 0.3 is 5.97 Å². The molecule has 3 aromatic rings. The molecule has 2 N–H and O–H groups in total. The Morgan fingerprint density at radius 2 is 1.97 bits per heavy atom. The van der Waals surface area contributed by atoms with Crippen molar-refractivity contribution >= 4 is 34.1 Å². The number of carbonyl (C=O) groups excluding carboxylic acids is 1. The number of anilines is 2. The Morgan fingerprint density at radius 1 is 1.11 bits per heavy atom. The maximum absolute atomic E-state index is 12.2. The van der Waals surface area contributed by atoms with Crippen LogP contribution >= 0.6 is 0 Å². The minimum atomic E-state index is -2.56. The lowest BCUT2D eigenvalue weighted by Gasteiger charge is -2.19. The van der Waals surface area contributed by atoms with Crippen molar-refractivity contribution in [2.45, 2.75) is 31.6 Å². The first-order valence-electron chi connectivity index (χ1n) is 10.9. The van der Waals surface area contributed by atoms with Crippen molar-refractivity contribution in [1.29, 1.82) is 0 Å². The number of hydrogen-bond donors (Lipinski definition) is 3. The number of nitrogens with zero attached hydrogens (tertiary/aromatic N) is 3. The first kappa shape index (κ1) is 24.1. The summed E-state index contributed by atoms with van der Waals surface area (Å²) in [5, 5.41) is 12.1. The van der Waals surface area contributed by atoms with Gasteiger partial charge in [-0.25, -0.2) is 13.4 Å². The number of aromatic nitrogens is 2. The minimum Gasteiger partial charge on any atom is -0.481 e. The highest BCUT2D eigenvalue weighted by Gasteiger charge is 2.22. The number of hydrogen-bond acceptors (Lipinski definition) is 8. The molecule has 1 fully saturated rings. The van der Waals surface area contributed by atoms with Gasteiger partial charge in [0.1, 0.15) is 28.0 Å². The first-order chi connectivity index (χ1) is 16.9. The number of likely N-dealkylation sites (tertiary alicyclic amines) is 1. The van der Waals surface area contributed by atoms with Crippen molar-refractivity contribution in [3.63, 3.8) is 0 Å². The van der Waals surface area contributed by atoms with Crippen LogP contribution in [0.25, 0.3) is 0 Å². The Hall–Kier alpha value is -3.99. The van der Waals surface area contributed by atoms with Crippen LogP contribution in [0.1, 0.15) is 29.7 Å². The average Bonchev–Trinajstić information content (AvgIpc) is 3.22. The SMILES string of the molecule is O=C(O)Cc1ccc(Nc2ccc(Oc3ccc(C[SH](=O)=O)nc3)c(CN3CCCC3=O)c2)nc1. The molecule has 0 atom stereocenters. The molecule has 35 heavy (non-hydrogen) atoms. The summed E-state index contributed by atoms with van der Waals surface area (Å²) in [7, 11) is -2.56. The molecule has 0 unspecified atom stereocenters. The fourth-order valence-electron chi connectivity index (χ4n) is 3.71. The number of nitrogens with one attached hydrogen (secondary N) is 1. The lowest BCUT2D eigenvalue weighted by molar-refractivity contribution is -0.136. The largest absolute Gasteiger partial charge is 0.481 e. The maximum Gasteiger partial charge on any atom is 0.307 e. The summed E-state index contributed by atoms with van der Waals surface area (Å²) in [5.74, 6) is 0.568. The van der Waals surface area contributed by atoms with Crippen LogP contribution in [0.5, 0.6) is 11.5 Å². The predicted octanol–water partition coefficient (Wildman–Crippen LogP) is 2.87. The molecule has 0 saturated carbocycles. The van der Waals surface area contributed by atoms with Crippen molar-refractivity contribution in [2.75, 3.05) is 11.9 Å². The second kappa shape index (κ2) is 11.0. The molecule has 0 radical (unpaired) electrons. The number of pyridine rings is 2. The van der Waals surface area contributed by atoms with Crippen molar-refractivity contribution in [3.8, 4) is 11.5 Å². The fraction of sp³-hybridized carbons (Fsp3) is 0.250. The van der Waals surface area contributed by atoms with E-state index in [1.165, 1.54) is 12.4 Å². The van der Waals surface area contributed by atoms with Gasteiger partial charge in [0.25, 0.3) is 0 Å². The molecule has 1 aliphatic rings. The number of thiol groups is 1. The predicted molar refractivity (Wildman–Crippen MR) is 128 cm³/mol. The Morgan fingerprint density at radius 3 is 2.60 bits per heavy atom. The number of carbonyl (C=O) groups is 2. The zero-order chi connectivity index (χ0) is 24.8. The zero-order valence-electron chi connectivity index (χ0n) is 18.7. The second-order valence-corrected chi connectivity index (χ2v) is 9.05. The van der Waals surface area contributed by atoms with Crippen molar-refractivity contribution < 1.29 is 27.9 Å². The smallest absolute Gasteiger partial charge is 0.307 e. The molecule has 11 heteroatoms. The van der Waals surface area contributed by atoms with Gasteiger partial charge in [0.2, 0.25) is 5.91 Å². The number of benzene rings is 1. The lowest BCUT2D eigenvalue weighted by Crippen LogP contribution is -2.24. The van der Waals surface area contributed by atoms with E-state index < -0.39 is 16.7 Å². The molecule has 1 amide bonds. The van der Waals surface area contributed by atoms with E-state index in [1.54, 1.807) is 41.3 Å². The highest BCUT2D eigenvalue weighted by Crippen LogP contribution is 2.31. The third-order valence-electron chi connectivity index (χ3n) is 5.36. The Bertz CT molecular complexity index is 1280. The van der Waals surface area contributed by atoms with Crippen molar-refractivity contribution in [1.82, 2.24) is 14.9 Å². The van der Waals surface area contributed by atoms with Gasteiger partial charge in [0, 0.05) is 37.0 Å². The van der Waals surface area contributed by atoms with Crippen LogP contribution in [-0.2, 0) is 39.0 Å². The van der Waals surface area contributed by atoms with Gasteiger partial charge in [0.05, 0.1) is 24.1 Å². The molecular formula is C24H24N4O6S. The molecule has 2 aromatic heterocycles. The summed E-state index contributed by atoms with van der Waals surface area (Å²) in [5.41, 5.74) is 2.53. The van der Waals surface area contributed by atoms with E-state index in [9.17, 15) is 18.0 Å². The number of carboxylic acids is 1. The molecule has 0 spiro atoms. The number of amides is 1. The van der Waals surface area contributed by atoms with E-state index in [0.29, 0.717) is 48.1 Å². The monoisotopic (exact) mass is 496 g/mol. The molecule has 0 aliphatic carbocycles. The molecule has 1 aliphatic heterocycles. The van der Waals surface area contributed by atoms with Crippen LogP contribution in [0.4, 0.5) is 11.5 Å². The highest BCUT2D eigenvalue weighted by molar-refractivity contribution is 7.71. The van der Waals surface area contributed by atoms with E-state index >= 15 is 0 Å². The number of ether oxygens (including phenoxy) is 1. The number of rotatable bonds is 10. The topological polar surface area (TPSA) is 139 Å². The van der Waals surface area contributed by atoms with Crippen molar-refractivity contribution in [2.24, 2.45) is 0 Å². The van der Waals surface area contributed by atoms with Crippen molar-refractivity contribution in [3.05, 3.63) is 71.7 Å². The summed E-state index contributed by atoms with van der Waals surface area (Å²) in [6, 6.07) is 12.1. The standard InChI is InChI=1S/C24H24N4O6S/c29-23-2-1-9-28(23)14-17-11-18(27-22-8-3-16(12-26-22)10-24(30)31)5-7-21(17)34-20-6-4-19(25-13-20)15-35(32)33/h3-8,11-13,35H,1-2,9-10,14-15H2,(H,26,27)(H,30,31). The summed E-state index contributed by atoms with van der Waals surface area (Å²) < 4.78 is 27.8. The van der Waals surface area contributed by atoms with Crippen LogP contribution in [-0.4, -0.2) is 46.8 Å². The Kier molecular flexibility index (Phi) is 7.56. The zero-order valence-corrected chi connectivity index (χ0v) is 19.6. The number of aliphatic carboxylic acids is 1. The maximum atomic E-state index is 12.2. The summed E-state index contributed by atoms with van der Waals surface area (Å²) in [4.78, 5) is 33.2. The van der Waals surface area contributed by atoms with E-state index in [4.69, 9.17) is 9.84 Å². The van der Waals surface area contributed by atoms with Gasteiger partial charge in [-0.2, -0.15) is 0 Å². The molecule has 3 heterocycles. The van der Waals surface area contributed by atoms with Crippen LogP contribution in [0, 0.1) is 0 Å². The van der Waals surface area contributed by atoms with Gasteiger partial charge < -0.3 is 20.1 Å². The summed E-state index contributed by atoms with van der Waals surface area (Å²) >= 11 is 0. The quantitative estimate of drug-likeness (QED) is 0.362.